The van der Waals surface area contributed by atoms with Gasteiger partial charge in [-0.15, -0.1) is 0 Å². The molecule has 1 aromatic heterocycles. The van der Waals surface area contributed by atoms with Crippen LogP contribution in [0.5, 0.6) is 0 Å². The van der Waals surface area contributed by atoms with E-state index in [0.717, 1.165) is 19.3 Å². The third kappa shape index (κ3) is 2.89. The molecule has 2 heterocycles. The van der Waals surface area contributed by atoms with Gasteiger partial charge in [-0.25, -0.2) is 13.1 Å². The zero-order chi connectivity index (χ0) is 14.9. The van der Waals surface area contributed by atoms with Gasteiger partial charge >= 0.3 is 0 Å². The minimum atomic E-state index is -3.47. The van der Waals surface area contributed by atoms with Crippen molar-refractivity contribution in [2.45, 2.75) is 11.4 Å². The lowest BCUT2D eigenvalue weighted by molar-refractivity contribution is 0.270. The minimum absolute atomic E-state index is 0.0653. The first-order valence-corrected chi connectivity index (χ1v) is 8.34. The maximum Gasteiger partial charge on any atom is 0.182 e. The molecule has 0 aliphatic carbocycles. The van der Waals surface area contributed by atoms with E-state index in [-0.39, 0.29) is 23.9 Å². The topological polar surface area (TPSA) is 105 Å². The van der Waals surface area contributed by atoms with Crippen LogP contribution in [0.2, 0.25) is 0 Å². The van der Waals surface area contributed by atoms with Crippen molar-refractivity contribution in [1.82, 2.24) is 14.7 Å². The molecule has 2 rings (SSSR count). The second kappa shape index (κ2) is 5.58. The summed E-state index contributed by atoms with van der Waals surface area (Å²) < 4.78 is 25.3. The molecule has 1 aromatic rings. The molecule has 0 aromatic carbocycles. The molecular formula is C11H21N5O3S. The molecule has 114 valence electrons. The van der Waals surface area contributed by atoms with Crippen molar-refractivity contribution < 1.29 is 13.5 Å². The van der Waals surface area contributed by atoms with E-state index in [1.165, 1.54) is 4.68 Å². The summed E-state index contributed by atoms with van der Waals surface area (Å²) in [6.45, 7) is 3.13. The third-order valence-corrected chi connectivity index (χ3v) is 4.55. The van der Waals surface area contributed by atoms with Crippen LogP contribution in [0.1, 0.15) is 0 Å². The summed E-state index contributed by atoms with van der Waals surface area (Å²) in [5, 5.41) is 13.3. The second-order valence-corrected chi connectivity index (χ2v) is 7.00. The molecular weight excluding hydrogens is 282 g/mol. The number of aliphatic hydroxyl groups is 1. The Hall–Kier alpha value is -1.32. The van der Waals surface area contributed by atoms with Gasteiger partial charge in [0.2, 0.25) is 0 Å². The lowest BCUT2D eigenvalue weighted by atomic mass is 10.3. The number of nitrogens with zero attached hydrogens (tertiary/aromatic N) is 4. The second-order valence-electron chi connectivity index (χ2n) is 5.05. The number of nitrogens with two attached hydrogens (primary N) is 1. The Bertz CT molecular complexity index is 575. The Morgan fingerprint density at radius 2 is 1.90 bits per heavy atom. The molecule has 0 atom stereocenters. The molecule has 0 amide bonds. The van der Waals surface area contributed by atoms with E-state index in [9.17, 15) is 8.42 Å². The summed E-state index contributed by atoms with van der Waals surface area (Å²) >= 11 is 0. The van der Waals surface area contributed by atoms with Crippen LogP contribution in [-0.2, 0) is 16.4 Å². The predicted octanol–water partition coefficient (Wildman–Crippen LogP) is -1.39. The van der Waals surface area contributed by atoms with E-state index in [1.54, 1.807) is 0 Å². The van der Waals surface area contributed by atoms with E-state index in [1.807, 2.05) is 11.9 Å². The quantitative estimate of drug-likeness (QED) is 0.706. The van der Waals surface area contributed by atoms with E-state index in [4.69, 9.17) is 10.8 Å². The van der Waals surface area contributed by atoms with Crippen LogP contribution in [0.15, 0.2) is 4.90 Å². The Kier molecular flexibility index (Phi) is 4.21. The van der Waals surface area contributed by atoms with Crippen LogP contribution in [0.4, 0.5) is 11.6 Å². The number of hydrogen-bond acceptors (Lipinski definition) is 7. The highest BCUT2D eigenvalue weighted by molar-refractivity contribution is 7.91. The van der Waals surface area contributed by atoms with Gasteiger partial charge in [0.1, 0.15) is 5.82 Å². The number of likely N-dealkylation sites (N-methyl/N-ethyl adjacent to an activating group) is 1. The van der Waals surface area contributed by atoms with Crippen molar-refractivity contribution in [2.75, 3.05) is 56.7 Å². The molecule has 0 saturated carbocycles. The standard InChI is InChI=1S/C11H21N5O3S/c1-14-3-5-15(6-4-14)11-9(20(2,18)19)10(12)16(13-11)7-8-17/h17H,3-8,12H2,1-2H3. The molecule has 1 aliphatic heterocycles. The number of piperazine rings is 1. The van der Waals surface area contributed by atoms with Gasteiger partial charge in [-0.3, -0.25) is 0 Å². The molecule has 0 bridgehead atoms. The van der Waals surface area contributed by atoms with Gasteiger partial charge in [0, 0.05) is 32.4 Å². The molecule has 0 radical (unpaired) electrons. The first kappa shape index (κ1) is 15.1. The highest BCUT2D eigenvalue weighted by Crippen LogP contribution is 2.30. The molecule has 8 nitrogen and oxygen atoms in total. The smallest absolute Gasteiger partial charge is 0.182 e. The van der Waals surface area contributed by atoms with Crippen LogP contribution in [0.3, 0.4) is 0 Å². The highest BCUT2D eigenvalue weighted by Gasteiger charge is 2.29. The molecule has 1 aliphatic rings. The highest BCUT2D eigenvalue weighted by atomic mass is 32.2. The van der Waals surface area contributed by atoms with Crippen molar-refractivity contribution in [3.8, 4) is 0 Å². The van der Waals surface area contributed by atoms with Crippen LogP contribution >= 0.6 is 0 Å². The number of hydrogen-bond donors (Lipinski definition) is 2. The fraction of sp³-hybridized carbons (Fsp3) is 0.727. The lowest BCUT2D eigenvalue weighted by Crippen LogP contribution is -2.45. The maximum absolute atomic E-state index is 12.0. The molecule has 3 N–H and O–H groups in total. The van der Waals surface area contributed by atoms with E-state index >= 15 is 0 Å². The number of aliphatic hydroxyl groups excluding tert-OH is 1. The van der Waals surface area contributed by atoms with Gasteiger partial charge in [-0.1, -0.05) is 0 Å². The molecule has 1 fully saturated rings. The fourth-order valence-electron chi connectivity index (χ4n) is 2.29. The Labute approximate surface area is 118 Å². The summed E-state index contributed by atoms with van der Waals surface area (Å²) in [7, 11) is -1.45. The Balaban J connectivity index is 2.43. The summed E-state index contributed by atoms with van der Waals surface area (Å²) in [5.74, 6) is 0.488. The predicted molar refractivity (Wildman–Crippen MR) is 76.5 cm³/mol. The number of anilines is 2. The van der Waals surface area contributed by atoms with Crippen molar-refractivity contribution >= 4 is 21.5 Å². The number of rotatable bonds is 4. The zero-order valence-electron chi connectivity index (χ0n) is 11.8. The van der Waals surface area contributed by atoms with Gasteiger partial charge in [0.05, 0.1) is 13.2 Å². The van der Waals surface area contributed by atoms with Crippen molar-refractivity contribution in [2.24, 2.45) is 0 Å². The third-order valence-electron chi connectivity index (χ3n) is 3.41. The maximum atomic E-state index is 12.0. The van der Waals surface area contributed by atoms with Gasteiger partial charge < -0.3 is 20.6 Å². The SMILES string of the molecule is CN1CCN(c2nn(CCO)c(N)c2S(C)(=O)=O)CC1. The van der Waals surface area contributed by atoms with Crippen molar-refractivity contribution in [3.63, 3.8) is 0 Å². The first-order chi connectivity index (χ1) is 9.34. The van der Waals surface area contributed by atoms with Crippen LogP contribution in [-0.4, -0.2) is 74.3 Å². The Morgan fingerprint density at radius 1 is 1.30 bits per heavy atom. The minimum Gasteiger partial charge on any atom is -0.394 e. The summed E-state index contributed by atoms with van der Waals surface area (Å²) in [5.41, 5.74) is 5.88. The summed E-state index contributed by atoms with van der Waals surface area (Å²) in [6.07, 6.45) is 1.13. The monoisotopic (exact) mass is 303 g/mol. The number of sulfone groups is 1. The Morgan fingerprint density at radius 3 is 2.40 bits per heavy atom. The average Bonchev–Trinajstić information content (AvgIpc) is 2.68. The van der Waals surface area contributed by atoms with Gasteiger partial charge in [0.25, 0.3) is 0 Å². The molecule has 0 spiro atoms. The van der Waals surface area contributed by atoms with Crippen LogP contribution < -0.4 is 10.6 Å². The van der Waals surface area contributed by atoms with E-state index < -0.39 is 9.84 Å². The fourth-order valence-corrected chi connectivity index (χ4v) is 3.28. The molecule has 0 unspecified atom stereocenters. The van der Waals surface area contributed by atoms with E-state index in [2.05, 4.69) is 10.00 Å². The first-order valence-electron chi connectivity index (χ1n) is 6.45. The van der Waals surface area contributed by atoms with Gasteiger partial charge in [-0.05, 0) is 7.05 Å². The normalized spacial score (nSPS) is 17.6. The zero-order valence-corrected chi connectivity index (χ0v) is 12.6. The largest absolute Gasteiger partial charge is 0.394 e. The lowest BCUT2D eigenvalue weighted by Gasteiger charge is -2.32. The summed E-state index contributed by atoms with van der Waals surface area (Å²) in [6, 6.07) is 0. The number of aromatic nitrogens is 2. The molecule has 9 heteroatoms. The molecule has 20 heavy (non-hydrogen) atoms. The van der Waals surface area contributed by atoms with Crippen LogP contribution in [0, 0.1) is 0 Å². The van der Waals surface area contributed by atoms with Crippen molar-refractivity contribution in [1.29, 1.82) is 0 Å². The average molecular weight is 303 g/mol. The van der Waals surface area contributed by atoms with E-state index in [0.29, 0.717) is 18.9 Å². The number of nitrogen functional groups attached to an aromatic ring is 1. The summed E-state index contributed by atoms with van der Waals surface area (Å²) in [4.78, 5) is 4.17. The van der Waals surface area contributed by atoms with Gasteiger partial charge in [0.15, 0.2) is 20.6 Å². The molecule has 1 saturated heterocycles. The van der Waals surface area contributed by atoms with Crippen LogP contribution in [0.25, 0.3) is 0 Å². The van der Waals surface area contributed by atoms with Gasteiger partial charge in [-0.2, -0.15) is 5.10 Å². The van der Waals surface area contributed by atoms with Crippen molar-refractivity contribution in [3.05, 3.63) is 0 Å².